The summed E-state index contributed by atoms with van der Waals surface area (Å²) in [7, 11) is -1.38. The molecular weight excluding hydrogens is 284 g/mol. The molecule has 1 heterocycles. The SMILES string of the molecule is C=C(S(=O)c1ccc(C)cc1)C(C)(C)[C@H](O)c1ccco1. The Morgan fingerprint density at radius 2 is 1.90 bits per heavy atom. The Morgan fingerprint density at radius 1 is 1.29 bits per heavy atom. The maximum Gasteiger partial charge on any atom is 0.133 e. The molecule has 0 aliphatic heterocycles. The number of benzene rings is 1. The van der Waals surface area contributed by atoms with Gasteiger partial charge >= 0.3 is 0 Å². The molecule has 0 saturated heterocycles. The lowest BCUT2D eigenvalue weighted by molar-refractivity contribution is 0.0589. The predicted octanol–water partition coefficient (Wildman–Crippen LogP) is 3.97. The van der Waals surface area contributed by atoms with Crippen molar-refractivity contribution in [3.8, 4) is 0 Å². The second-order valence-corrected chi connectivity index (χ2v) is 7.15. The number of aliphatic hydroxyl groups excluding tert-OH is 1. The molecule has 4 heteroatoms. The van der Waals surface area contributed by atoms with Crippen LogP contribution in [0.3, 0.4) is 0 Å². The van der Waals surface area contributed by atoms with Crippen molar-refractivity contribution in [2.45, 2.75) is 31.8 Å². The largest absolute Gasteiger partial charge is 0.467 e. The molecule has 21 heavy (non-hydrogen) atoms. The zero-order chi connectivity index (χ0) is 15.6. The topological polar surface area (TPSA) is 50.4 Å². The van der Waals surface area contributed by atoms with Gasteiger partial charge < -0.3 is 9.52 Å². The summed E-state index contributed by atoms with van der Waals surface area (Å²) in [5.74, 6) is 0.446. The third kappa shape index (κ3) is 3.17. The van der Waals surface area contributed by atoms with Crippen molar-refractivity contribution in [3.63, 3.8) is 0 Å². The van der Waals surface area contributed by atoms with E-state index < -0.39 is 22.3 Å². The molecule has 0 spiro atoms. The second-order valence-electron chi connectivity index (χ2n) is 5.64. The minimum absolute atomic E-state index is 0.446. The number of hydrogen-bond acceptors (Lipinski definition) is 3. The number of rotatable bonds is 5. The summed E-state index contributed by atoms with van der Waals surface area (Å²) in [6.45, 7) is 9.56. The van der Waals surface area contributed by atoms with E-state index in [-0.39, 0.29) is 0 Å². The molecule has 0 saturated carbocycles. The monoisotopic (exact) mass is 304 g/mol. The fourth-order valence-corrected chi connectivity index (χ4v) is 3.26. The third-order valence-electron chi connectivity index (χ3n) is 3.67. The zero-order valence-electron chi connectivity index (χ0n) is 12.5. The smallest absolute Gasteiger partial charge is 0.133 e. The molecule has 2 aromatic rings. The minimum atomic E-state index is -1.38. The quantitative estimate of drug-likeness (QED) is 0.909. The van der Waals surface area contributed by atoms with E-state index in [0.717, 1.165) is 5.56 Å². The van der Waals surface area contributed by atoms with Crippen LogP contribution in [0.2, 0.25) is 0 Å². The fraction of sp³-hybridized carbons (Fsp3) is 0.294. The highest BCUT2D eigenvalue weighted by Crippen LogP contribution is 2.41. The second kappa shape index (κ2) is 6.00. The van der Waals surface area contributed by atoms with Gasteiger partial charge in [-0.25, -0.2) is 4.21 Å². The lowest BCUT2D eigenvalue weighted by Gasteiger charge is -2.30. The number of aliphatic hydroxyl groups is 1. The summed E-state index contributed by atoms with van der Waals surface area (Å²) in [6.07, 6.45) is 0.614. The van der Waals surface area contributed by atoms with Crippen LogP contribution in [0, 0.1) is 12.3 Å². The van der Waals surface area contributed by atoms with Gasteiger partial charge in [-0.05, 0) is 31.2 Å². The summed E-state index contributed by atoms with van der Waals surface area (Å²) in [6, 6.07) is 10.9. The van der Waals surface area contributed by atoms with Gasteiger partial charge in [0.05, 0.1) is 17.1 Å². The van der Waals surface area contributed by atoms with Crippen LogP contribution in [0.1, 0.15) is 31.3 Å². The van der Waals surface area contributed by atoms with Crippen molar-refractivity contribution >= 4 is 10.8 Å². The van der Waals surface area contributed by atoms with E-state index in [1.165, 1.54) is 6.26 Å². The molecule has 2 atom stereocenters. The first-order chi connectivity index (χ1) is 9.84. The molecule has 0 aliphatic rings. The van der Waals surface area contributed by atoms with Gasteiger partial charge in [0.2, 0.25) is 0 Å². The summed E-state index contributed by atoms with van der Waals surface area (Å²) in [5.41, 5.74) is 0.337. The number of furan rings is 1. The highest BCUT2D eigenvalue weighted by atomic mass is 32.2. The molecule has 0 fully saturated rings. The number of hydrogen-bond donors (Lipinski definition) is 1. The van der Waals surface area contributed by atoms with Crippen LogP contribution in [-0.4, -0.2) is 9.32 Å². The van der Waals surface area contributed by atoms with E-state index in [0.29, 0.717) is 15.6 Å². The summed E-state index contributed by atoms with van der Waals surface area (Å²) in [5, 5.41) is 10.5. The molecule has 3 nitrogen and oxygen atoms in total. The Labute approximate surface area is 127 Å². The molecule has 0 bridgehead atoms. The first-order valence-electron chi connectivity index (χ1n) is 6.73. The lowest BCUT2D eigenvalue weighted by Crippen LogP contribution is -2.26. The Balaban J connectivity index is 2.25. The van der Waals surface area contributed by atoms with Gasteiger partial charge in [0.15, 0.2) is 0 Å². The molecular formula is C17H20O3S. The standard InChI is InChI=1S/C17H20O3S/c1-12-7-9-14(10-8-12)21(19)13(2)17(3,4)16(18)15-6-5-11-20-15/h5-11,16,18H,2H2,1,3-4H3/t16-,21?/m1/s1. The first kappa shape index (κ1) is 15.7. The molecule has 0 amide bonds. The van der Waals surface area contributed by atoms with E-state index in [9.17, 15) is 9.32 Å². The normalized spacial score (nSPS) is 14.7. The third-order valence-corrected chi connectivity index (χ3v) is 5.35. The van der Waals surface area contributed by atoms with Crippen LogP contribution < -0.4 is 0 Å². The van der Waals surface area contributed by atoms with Crippen LogP contribution in [0.5, 0.6) is 0 Å². The highest BCUT2D eigenvalue weighted by molar-refractivity contribution is 7.89. The molecule has 1 N–H and O–H groups in total. The average Bonchev–Trinajstić information content (AvgIpc) is 2.99. The Kier molecular flexibility index (Phi) is 4.49. The van der Waals surface area contributed by atoms with Crippen LogP contribution in [0.15, 0.2) is 63.5 Å². The van der Waals surface area contributed by atoms with Crippen molar-refractivity contribution in [1.82, 2.24) is 0 Å². The molecule has 112 valence electrons. The van der Waals surface area contributed by atoms with Crippen molar-refractivity contribution in [2.24, 2.45) is 5.41 Å². The summed E-state index contributed by atoms with van der Waals surface area (Å²) in [4.78, 5) is 1.15. The molecule has 0 aliphatic carbocycles. The van der Waals surface area contributed by atoms with Crippen LogP contribution in [-0.2, 0) is 10.8 Å². The van der Waals surface area contributed by atoms with Gasteiger partial charge in [-0.15, -0.1) is 0 Å². The molecule has 1 unspecified atom stereocenters. The van der Waals surface area contributed by atoms with Crippen LogP contribution in [0.4, 0.5) is 0 Å². The van der Waals surface area contributed by atoms with Gasteiger partial charge in [-0.2, -0.15) is 0 Å². The van der Waals surface area contributed by atoms with Crippen molar-refractivity contribution in [3.05, 3.63) is 65.5 Å². The van der Waals surface area contributed by atoms with Gasteiger partial charge in [-0.3, -0.25) is 0 Å². The summed E-state index contributed by atoms with van der Waals surface area (Å²) < 4.78 is 17.9. The zero-order valence-corrected chi connectivity index (χ0v) is 13.3. The first-order valence-corrected chi connectivity index (χ1v) is 7.88. The van der Waals surface area contributed by atoms with Gasteiger partial charge in [0, 0.05) is 15.2 Å². The average molecular weight is 304 g/mol. The highest BCUT2D eigenvalue weighted by Gasteiger charge is 2.36. The van der Waals surface area contributed by atoms with E-state index in [2.05, 4.69) is 6.58 Å². The van der Waals surface area contributed by atoms with Crippen LogP contribution in [0.25, 0.3) is 0 Å². The summed E-state index contributed by atoms with van der Waals surface area (Å²) >= 11 is 0. The molecule has 1 aromatic carbocycles. The molecule has 2 rings (SSSR count). The van der Waals surface area contributed by atoms with Crippen molar-refractivity contribution in [2.75, 3.05) is 0 Å². The Hall–Kier alpha value is -1.65. The van der Waals surface area contributed by atoms with Crippen molar-refractivity contribution in [1.29, 1.82) is 0 Å². The van der Waals surface area contributed by atoms with Crippen molar-refractivity contribution < 1.29 is 13.7 Å². The van der Waals surface area contributed by atoms with E-state index in [1.54, 1.807) is 12.1 Å². The fourth-order valence-electron chi connectivity index (χ4n) is 2.00. The van der Waals surface area contributed by atoms with E-state index in [1.807, 2.05) is 45.0 Å². The van der Waals surface area contributed by atoms with E-state index >= 15 is 0 Å². The Morgan fingerprint density at radius 3 is 2.43 bits per heavy atom. The lowest BCUT2D eigenvalue weighted by atomic mass is 9.85. The van der Waals surface area contributed by atoms with Crippen LogP contribution >= 0.6 is 0 Å². The van der Waals surface area contributed by atoms with Gasteiger partial charge in [0.1, 0.15) is 11.9 Å². The molecule has 1 aromatic heterocycles. The maximum atomic E-state index is 12.6. The minimum Gasteiger partial charge on any atom is -0.467 e. The van der Waals surface area contributed by atoms with Gasteiger partial charge in [-0.1, -0.05) is 38.1 Å². The molecule has 0 radical (unpaired) electrons. The number of aryl methyl sites for hydroxylation is 1. The van der Waals surface area contributed by atoms with E-state index in [4.69, 9.17) is 4.42 Å². The predicted molar refractivity (Wildman–Crippen MR) is 84.2 cm³/mol. The van der Waals surface area contributed by atoms with Gasteiger partial charge in [0.25, 0.3) is 0 Å². The Bertz CT molecular complexity index is 639. The maximum absolute atomic E-state index is 12.6.